The fourth-order valence-electron chi connectivity index (χ4n) is 1.76. The summed E-state index contributed by atoms with van der Waals surface area (Å²) in [4.78, 5) is 38.6. The molecule has 1 aromatic heterocycles. The fourth-order valence-corrected chi connectivity index (χ4v) is 1.76. The lowest BCUT2D eigenvalue weighted by atomic mass is 10.1. The second kappa shape index (κ2) is 7.69. The van der Waals surface area contributed by atoms with Gasteiger partial charge in [0.15, 0.2) is 0 Å². The van der Waals surface area contributed by atoms with Gasteiger partial charge in [0.1, 0.15) is 0 Å². The zero-order valence-corrected chi connectivity index (χ0v) is 12.4. The van der Waals surface area contributed by atoms with E-state index < -0.39 is 17.8 Å². The summed E-state index contributed by atoms with van der Waals surface area (Å²) in [6, 6.07) is 9.02. The van der Waals surface area contributed by atoms with Crippen LogP contribution in [0.2, 0.25) is 0 Å². The Hall–Kier alpha value is -3.22. The quantitative estimate of drug-likeness (QED) is 0.501. The normalized spacial score (nSPS) is 10.5. The Labute approximate surface area is 132 Å². The number of hydrazine groups is 1. The zero-order valence-electron chi connectivity index (χ0n) is 12.4. The molecule has 0 bridgehead atoms. The number of carbonyl (C=O) groups excluding carboxylic acids is 3. The number of nitrogens with zero attached hydrogens (tertiary/aromatic N) is 1. The highest BCUT2D eigenvalue weighted by molar-refractivity contribution is 6.00. The highest BCUT2D eigenvalue weighted by Crippen LogP contribution is 2.12. The molecule has 23 heavy (non-hydrogen) atoms. The molecule has 7 nitrogen and oxygen atoms in total. The molecule has 0 aliphatic carbocycles. The van der Waals surface area contributed by atoms with Crippen LogP contribution in [0.5, 0.6) is 0 Å². The van der Waals surface area contributed by atoms with Crippen LogP contribution in [-0.2, 0) is 14.3 Å². The maximum Gasteiger partial charge on any atom is 0.330 e. The molecular formula is C16H15N3O4. The predicted octanol–water partition coefficient (Wildman–Crippen LogP) is 1.12. The number of aromatic nitrogens is 1. The van der Waals surface area contributed by atoms with Crippen molar-refractivity contribution in [2.45, 2.75) is 6.92 Å². The third-order valence-electron chi connectivity index (χ3n) is 2.81. The minimum Gasteiger partial charge on any atom is -0.463 e. The van der Waals surface area contributed by atoms with Gasteiger partial charge < -0.3 is 4.74 Å². The highest BCUT2D eigenvalue weighted by Gasteiger charge is 2.08. The van der Waals surface area contributed by atoms with Crippen LogP contribution in [0.15, 0.2) is 48.7 Å². The number of esters is 1. The summed E-state index contributed by atoms with van der Waals surface area (Å²) in [5.41, 5.74) is 5.48. The first kappa shape index (κ1) is 16.2. The lowest BCUT2D eigenvalue weighted by Gasteiger charge is -2.06. The van der Waals surface area contributed by atoms with Crippen molar-refractivity contribution in [1.29, 1.82) is 0 Å². The Morgan fingerprint density at radius 3 is 2.74 bits per heavy atom. The van der Waals surface area contributed by atoms with Gasteiger partial charge in [0.05, 0.1) is 17.7 Å². The van der Waals surface area contributed by atoms with Crippen molar-refractivity contribution in [3.05, 3.63) is 54.2 Å². The maximum absolute atomic E-state index is 12.0. The number of benzene rings is 1. The number of hydrogen-bond donors (Lipinski definition) is 2. The van der Waals surface area contributed by atoms with Crippen molar-refractivity contribution in [2.24, 2.45) is 0 Å². The van der Waals surface area contributed by atoms with E-state index >= 15 is 0 Å². The number of amides is 2. The monoisotopic (exact) mass is 313 g/mol. The summed E-state index contributed by atoms with van der Waals surface area (Å²) in [5.74, 6) is -1.80. The lowest BCUT2D eigenvalue weighted by molar-refractivity contribution is -0.137. The molecule has 0 spiro atoms. The molecule has 2 rings (SSSR count). The van der Waals surface area contributed by atoms with Gasteiger partial charge >= 0.3 is 5.97 Å². The first-order valence-corrected chi connectivity index (χ1v) is 6.90. The highest BCUT2D eigenvalue weighted by atomic mass is 16.5. The van der Waals surface area contributed by atoms with Gasteiger partial charge in [0, 0.05) is 23.7 Å². The van der Waals surface area contributed by atoms with Gasteiger partial charge in [-0.1, -0.05) is 18.2 Å². The molecule has 0 saturated carbocycles. The minimum absolute atomic E-state index is 0.219. The molecule has 0 aliphatic heterocycles. The Morgan fingerprint density at radius 1 is 1.17 bits per heavy atom. The van der Waals surface area contributed by atoms with Crippen molar-refractivity contribution < 1.29 is 19.1 Å². The van der Waals surface area contributed by atoms with Crippen LogP contribution in [-0.4, -0.2) is 29.4 Å². The Bertz CT molecular complexity index is 771. The number of para-hydroxylation sites is 1. The third kappa shape index (κ3) is 4.63. The SMILES string of the molecule is CCOC(=O)/C=C/C(=O)NNC(=O)c1cnc2ccccc2c1. The Morgan fingerprint density at radius 2 is 1.96 bits per heavy atom. The van der Waals surface area contributed by atoms with E-state index in [0.717, 1.165) is 23.1 Å². The van der Waals surface area contributed by atoms with E-state index in [0.29, 0.717) is 5.56 Å². The van der Waals surface area contributed by atoms with Crippen LogP contribution in [0.3, 0.4) is 0 Å². The molecule has 1 aromatic carbocycles. The average molecular weight is 313 g/mol. The molecule has 118 valence electrons. The van der Waals surface area contributed by atoms with Crippen molar-refractivity contribution in [2.75, 3.05) is 6.61 Å². The number of fused-ring (bicyclic) bond motifs is 1. The van der Waals surface area contributed by atoms with Gasteiger partial charge in [0.2, 0.25) is 0 Å². The van der Waals surface area contributed by atoms with Crippen molar-refractivity contribution >= 4 is 28.7 Å². The van der Waals surface area contributed by atoms with E-state index in [1.165, 1.54) is 6.20 Å². The van der Waals surface area contributed by atoms with Crippen LogP contribution >= 0.6 is 0 Å². The van der Waals surface area contributed by atoms with Gasteiger partial charge in [-0.2, -0.15) is 0 Å². The molecule has 0 fully saturated rings. The Balaban J connectivity index is 1.93. The third-order valence-corrected chi connectivity index (χ3v) is 2.81. The van der Waals surface area contributed by atoms with Crippen LogP contribution in [0.4, 0.5) is 0 Å². The molecule has 0 saturated heterocycles. The van der Waals surface area contributed by atoms with Crippen LogP contribution < -0.4 is 10.9 Å². The molecule has 2 aromatic rings. The van der Waals surface area contributed by atoms with E-state index in [1.807, 2.05) is 24.3 Å². The molecule has 7 heteroatoms. The topological polar surface area (TPSA) is 97.4 Å². The van der Waals surface area contributed by atoms with Crippen molar-refractivity contribution in [3.63, 3.8) is 0 Å². The van der Waals surface area contributed by atoms with Crippen molar-refractivity contribution in [3.8, 4) is 0 Å². The van der Waals surface area contributed by atoms with Crippen molar-refractivity contribution in [1.82, 2.24) is 15.8 Å². The summed E-state index contributed by atoms with van der Waals surface area (Å²) in [6.07, 6.45) is 3.36. The first-order valence-electron chi connectivity index (χ1n) is 6.90. The van der Waals surface area contributed by atoms with Crippen LogP contribution in [0, 0.1) is 0 Å². The van der Waals surface area contributed by atoms with Gasteiger partial charge in [-0.3, -0.25) is 25.4 Å². The van der Waals surface area contributed by atoms with E-state index in [9.17, 15) is 14.4 Å². The van der Waals surface area contributed by atoms with E-state index in [1.54, 1.807) is 13.0 Å². The number of pyridine rings is 1. The number of carbonyl (C=O) groups is 3. The second-order valence-electron chi connectivity index (χ2n) is 4.45. The molecule has 0 aliphatic rings. The maximum atomic E-state index is 12.0. The van der Waals surface area contributed by atoms with E-state index in [4.69, 9.17) is 0 Å². The summed E-state index contributed by atoms with van der Waals surface area (Å²) < 4.78 is 4.63. The molecule has 2 amide bonds. The molecule has 0 atom stereocenters. The summed E-state index contributed by atoms with van der Waals surface area (Å²) in [7, 11) is 0. The summed E-state index contributed by atoms with van der Waals surface area (Å²) >= 11 is 0. The van der Waals surface area contributed by atoms with Gasteiger partial charge in [0.25, 0.3) is 11.8 Å². The van der Waals surface area contributed by atoms with Crippen LogP contribution in [0.25, 0.3) is 10.9 Å². The standard InChI is InChI=1S/C16H15N3O4/c1-2-23-15(21)8-7-14(20)18-19-16(22)12-9-11-5-3-4-6-13(11)17-10-12/h3-10H,2H2,1H3,(H,18,20)(H,19,22)/b8-7+. The van der Waals surface area contributed by atoms with Gasteiger partial charge in [-0.25, -0.2) is 4.79 Å². The largest absolute Gasteiger partial charge is 0.463 e. The molecular weight excluding hydrogens is 298 g/mol. The lowest BCUT2D eigenvalue weighted by Crippen LogP contribution is -2.40. The number of ether oxygens (including phenoxy) is 1. The molecule has 0 radical (unpaired) electrons. The summed E-state index contributed by atoms with van der Waals surface area (Å²) in [5, 5.41) is 0.814. The molecule has 1 heterocycles. The molecule has 2 N–H and O–H groups in total. The first-order chi connectivity index (χ1) is 11.1. The minimum atomic E-state index is -0.653. The number of hydrogen-bond acceptors (Lipinski definition) is 5. The average Bonchev–Trinajstić information content (AvgIpc) is 2.57. The van der Waals surface area contributed by atoms with E-state index in [-0.39, 0.29) is 6.61 Å². The predicted molar refractivity (Wildman–Crippen MR) is 83.1 cm³/mol. The Kier molecular flexibility index (Phi) is 5.40. The van der Waals surface area contributed by atoms with Gasteiger partial charge in [-0.05, 0) is 19.1 Å². The smallest absolute Gasteiger partial charge is 0.330 e. The molecule has 0 unspecified atom stereocenters. The number of rotatable bonds is 4. The van der Waals surface area contributed by atoms with Crippen LogP contribution in [0.1, 0.15) is 17.3 Å². The number of nitrogens with one attached hydrogen (secondary N) is 2. The zero-order chi connectivity index (χ0) is 16.7. The van der Waals surface area contributed by atoms with E-state index in [2.05, 4.69) is 20.6 Å². The fraction of sp³-hybridized carbons (Fsp3) is 0.125. The second-order valence-corrected chi connectivity index (χ2v) is 4.45. The summed E-state index contributed by atoms with van der Waals surface area (Å²) in [6.45, 7) is 1.88. The van der Waals surface area contributed by atoms with Gasteiger partial charge in [-0.15, -0.1) is 0 Å².